The number of piperidine rings is 1. The number of nitrogens with one attached hydrogen (secondary N) is 2. The third-order valence-corrected chi connectivity index (χ3v) is 5.02. The van der Waals surface area contributed by atoms with E-state index in [4.69, 9.17) is 0 Å². The van der Waals surface area contributed by atoms with Crippen LogP contribution in [0.4, 0.5) is 0 Å². The molecule has 2 aliphatic rings. The number of nitrogens with zero attached hydrogens (tertiary/aromatic N) is 2. The molecule has 0 aromatic heterocycles. The van der Waals surface area contributed by atoms with Crippen LogP contribution in [0.25, 0.3) is 0 Å². The fourth-order valence-electron chi connectivity index (χ4n) is 3.52. The van der Waals surface area contributed by atoms with E-state index in [0.29, 0.717) is 18.3 Å². The van der Waals surface area contributed by atoms with Crippen LogP contribution in [0.3, 0.4) is 0 Å². The molecule has 0 radical (unpaired) electrons. The zero-order valence-electron chi connectivity index (χ0n) is 14.3. The molecule has 0 aromatic carbocycles. The second-order valence-corrected chi connectivity index (χ2v) is 6.49. The van der Waals surface area contributed by atoms with Crippen molar-refractivity contribution in [3.8, 4) is 0 Å². The summed E-state index contributed by atoms with van der Waals surface area (Å²) in [5, 5.41) is 16.0. The van der Waals surface area contributed by atoms with E-state index in [-0.39, 0.29) is 36.0 Å². The lowest BCUT2D eigenvalue weighted by Gasteiger charge is -2.34. The van der Waals surface area contributed by atoms with E-state index in [1.165, 1.54) is 0 Å². The lowest BCUT2D eigenvalue weighted by molar-refractivity contribution is -0.121. The maximum Gasteiger partial charge on any atom is 0.220 e. The molecule has 1 amide bonds. The highest BCUT2D eigenvalue weighted by Gasteiger charge is 2.27. The number of carbonyl (C=O) groups excluding carboxylic acids is 1. The summed E-state index contributed by atoms with van der Waals surface area (Å²) in [7, 11) is 3.50. The van der Waals surface area contributed by atoms with E-state index < -0.39 is 0 Å². The summed E-state index contributed by atoms with van der Waals surface area (Å²) < 4.78 is 0. The van der Waals surface area contributed by atoms with Crippen molar-refractivity contribution >= 4 is 35.8 Å². The van der Waals surface area contributed by atoms with Gasteiger partial charge in [0.25, 0.3) is 0 Å². The van der Waals surface area contributed by atoms with Crippen LogP contribution in [0.15, 0.2) is 4.99 Å². The van der Waals surface area contributed by atoms with Crippen molar-refractivity contribution in [1.29, 1.82) is 0 Å². The normalized spacial score (nSPS) is 25.9. The molecule has 0 aromatic rings. The van der Waals surface area contributed by atoms with Crippen molar-refractivity contribution in [3.05, 3.63) is 0 Å². The number of aliphatic hydroxyl groups is 1. The minimum Gasteiger partial charge on any atom is -0.393 e. The van der Waals surface area contributed by atoms with Gasteiger partial charge in [-0.1, -0.05) is 6.42 Å². The Morgan fingerprint density at radius 3 is 2.48 bits per heavy atom. The summed E-state index contributed by atoms with van der Waals surface area (Å²) in [6.07, 6.45) is 5.67. The van der Waals surface area contributed by atoms with Crippen LogP contribution >= 0.6 is 24.0 Å². The van der Waals surface area contributed by atoms with Gasteiger partial charge in [-0.05, 0) is 31.6 Å². The molecule has 2 unspecified atom stereocenters. The Bertz CT molecular complexity index is 398. The monoisotopic (exact) mass is 438 g/mol. The minimum absolute atomic E-state index is 0. The van der Waals surface area contributed by atoms with Gasteiger partial charge in [-0.2, -0.15) is 0 Å². The minimum atomic E-state index is -0.163. The molecular formula is C16H31IN4O2. The van der Waals surface area contributed by atoms with Crippen molar-refractivity contribution in [2.75, 3.05) is 33.7 Å². The number of aliphatic hydroxyl groups excluding tert-OH is 1. The van der Waals surface area contributed by atoms with E-state index in [0.717, 1.165) is 57.7 Å². The summed E-state index contributed by atoms with van der Waals surface area (Å²) in [6, 6.07) is 0. The summed E-state index contributed by atoms with van der Waals surface area (Å²) in [5.74, 6) is 1.89. The molecule has 1 aliphatic carbocycles. The maximum absolute atomic E-state index is 11.4. The quantitative estimate of drug-likeness (QED) is 0.350. The fraction of sp³-hybridized carbons (Fsp3) is 0.875. The molecule has 134 valence electrons. The van der Waals surface area contributed by atoms with Gasteiger partial charge in [-0.15, -0.1) is 24.0 Å². The molecule has 1 aliphatic heterocycles. The molecule has 1 heterocycles. The van der Waals surface area contributed by atoms with Gasteiger partial charge >= 0.3 is 0 Å². The number of halogens is 1. The van der Waals surface area contributed by atoms with Gasteiger partial charge < -0.3 is 20.6 Å². The number of hydrogen-bond acceptors (Lipinski definition) is 3. The summed E-state index contributed by atoms with van der Waals surface area (Å²) >= 11 is 0. The van der Waals surface area contributed by atoms with E-state index >= 15 is 0 Å². The van der Waals surface area contributed by atoms with Crippen LogP contribution in [-0.4, -0.2) is 61.7 Å². The number of hydrogen-bond donors (Lipinski definition) is 3. The summed E-state index contributed by atoms with van der Waals surface area (Å²) in [6.45, 7) is 2.68. The van der Waals surface area contributed by atoms with Crippen molar-refractivity contribution in [3.63, 3.8) is 0 Å². The SMILES string of the molecule is CN=C(NCC1CCCC1O)N1CCC(CC(=O)NC)CC1.I. The molecule has 6 nitrogen and oxygen atoms in total. The first-order valence-electron chi connectivity index (χ1n) is 8.48. The summed E-state index contributed by atoms with van der Waals surface area (Å²) in [4.78, 5) is 18.1. The lowest BCUT2D eigenvalue weighted by atomic mass is 9.93. The van der Waals surface area contributed by atoms with Gasteiger partial charge in [-0.3, -0.25) is 9.79 Å². The fourth-order valence-corrected chi connectivity index (χ4v) is 3.52. The number of likely N-dealkylation sites (tertiary alicyclic amines) is 1. The highest BCUT2D eigenvalue weighted by Crippen LogP contribution is 2.25. The van der Waals surface area contributed by atoms with Gasteiger partial charge in [0.1, 0.15) is 0 Å². The molecule has 3 N–H and O–H groups in total. The van der Waals surface area contributed by atoms with Crippen molar-refractivity contribution in [1.82, 2.24) is 15.5 Å². The zero-order valence-corrected chi connectivity index (χ0v) is 16.6. The Morgan fingerprint density at radius 2 is 1.96 bits per heavy atom. The molecule has 1 saturated heterocycles. The first kappa shape index (κ1) is 20.5. The zero-order chi connectivity index (χ0) is 15.9. The third kappa shape index (κ3) is 6.10. The second kappa shape index (κ2) is 10.3. The van der Waals surface area contributed by atoms with Gasteiger partial charge in [0, 0.05) is 46.1 Å². The Balaban J connectivity index is 0.00000264. The van der Waals surface area contributed by atoms with Crippen LogP contribution in [0, 0.1) is 11.8 Å². The van der Waals surface area contributed by atoms with Crippen molar-refractivity contribution in [2.45, 2.75) is 44.6 Å². The molecule has 0 spiro atoms. The molecule has 2 atom stereocenters. The Hall–Kier alpha value is -0.570. The number of aliphatic imine (C=N–C) groups is 1. The molecular weight excluding hydrogens is 407 g/mol. The predicted molar refractivity (Wildman–Crippen MR) is 103 cm³/mol. The van der Waals surface area contributed by atoms with Crippen molar-refractivity contribution < 1.29 is 9.90 Å². The average molecular weight is 438 g/mol. The Morgan fingerprint density at radius 1 is 1.26 bits per heavy atom. The first-order valence-corrected chi connectivity index (χ1v) is 8.48. The number of guanidine groups is 1. The number of amides is 1. The smallest absolute Gasteiger partial charge is 0.220 e. The lowest BCUT2D eigenvalue weighted by Crippen LogP contribution is -2.47. The highest BCUT2D eigenvalue weighted by molar-refractivity contribution is 14.0. The first-order chi connectivity index (χ1) is 10.6. The molecule has 2 rings (SSSR count). The Labute approximate surface area is 156 Å². The topological polar surface area (TPSA) is 77.0 Å². The predicted octanol–water partition coefficient (Wildman–Crippen LogP) is 1.19. The van der Waals surface area contributed by atoms with E-state index in [1.54, 1.807) is 7.05 Å². The summed E-state index contributed by atoms with van der Waals surface area (Å²) in [5.41, 5.74) is 0. The maximum atomic E-state index is 11.4. The van der Waals surface area contributed by atoms with Gasteiger partial charge in [0.15, 0.2) is 5.96 Å². The van der Waals surface area contributed by atoms with Gasteiger partial charge in [0.05, 0.1) is 6.10 Å². The van der Waals surface area contributed by atoms with Crippen LogP contribution in [0.5, 0.6) is 0 Å². The third-order valence-electron chi connectivity index (χ3n) is 5.02. The van der Waals surface area contributed by atoms with E-state index in [1.807, 2.05) is 7.05 Å². The van der Waals surface area contributed by atoms with Crippen LogP contribution < -0.4 is 10.6 Å². The van der Waals surface area contributed by atoms with E-state index in [9.17, 15) is 9.90 Å². The number of rotatable bonds is 4. The Kier molecular flexibility index (Phi) is 9.19. The molecule has 2 fully saturated rings. The molecule has 0 bridgehead atoms. The number of carbonyl (C=O) groups is 1. The molecule has 1 saturated carbocycles. The molecule has 23 heavy (non-hydrogen) atoms. The van der Waals surface area contributed by atoms with Crippen LogP contribution in [0.2, 0.25) is 0 Å². The van der Waals surface area contributed by atoms with Crippen molar-refractivity contribution in [2.24, 2.45) is 16.8 Å². The van der Waals surface area contributed by atoms with Gasteiger partial charge in [0.2, 0.25) is 5.91 Å². The second-order valence-electron chi connectivity index (χ2n) is 6.49. The largest absolute Gasteiger partial charge is 0.393 e. The highest BCUT2D eigenvalue weighted by atomic mass is 127. The van der Waals surface area contributed by atoms with E-state index in [2.05, 4.69) is 20.5 Å². The molecule has 7 heteroatoms. The average Bonchev–Trinajstić information content (AvgIpc) is 2.94. The van der Waals surface area contributed by atoms with Crippen LogP contribution in [0.1, 0.15) is 38.5 Å². The van der Waals surface area contributed by atoms with Crippen LogP contribution in [-0.2, 0) is 4.79 Å². The standard InChI is InChI=1S/C16H30N4O2.HI/c1-17-15(22)10-12-6-8-20(9-7-12)16(18-2)19-11-13-4-3-5-14(13)21;/h12-14,21H,3-11H2,1-2H3,(H,17,22)(H,18,19);1H. The van der Waals surface area contributed by atoms with Gasteiger partial charge in [-0.25, -0.2) is 0 Å².